The van der Waals surface area contributed by atoms with Crippen LogP contribution in [0.15, 0.2) is 64.7 Å². The first-order valence-corrected chi connectivity index (χ1v) is 11.0. The molecule has 180 valence electrons. The van der Waals surface area contributed by atoms with Crippen LogP contribution in [0.3, 0.4) is 0 Å². The van der Waals surface area contributed by atoms with Gasteiger partial charge in [0.15, 0.2) is 5.82 Å². The minimum absolute atomic E-state index is 0.108. The lowest BCUT2D eigenvalue weighted by Crippen LogP contribution is -2.29. The Labute approximate surface area is 201 Å². The summed E-state index contributed by atoms with van der Waals surface area (Å²) in [5, 5.41) is 15.1. The van der Waals surface area contributed by atoms with Gasteiger partial charge < -0.3 is 19.1 Å². The number of benzene rings is 2. The van der Waals surface area contributed by atoms with Gasteiger partial charge in [0.05, 0.1) is 30.9 Å². The van der Waals surface area contributed by atoms with Crippen LogP contribution in [0.1, 0.15) is 46.6 Å². The third-order valence-electron chi connectivity index (χ3n) is 5.55. The second kappa shape index (κ2) is 9.84. The van der Waals surface area contributed by atoms with Crippen molar-refractivity contribution in [2.24, 2.45) is 0 Å². The highest BCUT2D eigenvalue weighted by atomic mass is 16.5. The molecule has 3 aromatic rings. The number of methoxy groups -OCH3 is 1. The predicted molar refractivity (Wildman–Crippen MR) is 126 cm³/mol. The molecule has 1 aliphatic heterocycles. The van der Waals surface area contributed by atoms with Crippen molar-refractivity contribution in [2.45, 2.75) is 26.3 Å². The molecule has 2 aromatic carbocycles. The molecule has 1 fully saturated rings. The Morgan fingerprint density at radius 3 is 2.31 bits per heavy atom. The highest BCUT2D eigenvalue weighted by Gasteiger charge is 2.48. The zero-order valence-corrected chi connectivity index (χ0v) is 19.5. The summed E-state index contributed by atoms with van der Waals surface area (Å²) < 4.78 is 15.4. The molecule has 9 heteroatoms. The SMILES string of the molecule is CCCOc1ccc(/C(O)=C2\C(=O)C(=O)N(c3cc(C)on3)[C@@H]2c2ccc(C(=O)OC)cc2)cc1. The number of aliphatic hydroxyl groups excluding tert-OH is 1. The average Bonchev–Trinajstić information content (AvgIpc) is 3.42. The molecule has 35 heavy (non-hydrogen) atoms. The highest BCUT2D eigenvalue weighted by molar-refractivity contribution is 6.51. The van der Waals surface area contributed by atoms with E-state index in [1.807, 2.05) is 6.92 Å². The number of carbonyl (C=O) groups excluding carboxylic acids is 3. The van der Waals surface area contributed by atoms with Crippen molar-refractivity contribution < 1.29 is 33.5 Å². The number of Topliss-reactive ketones (excluding diaryl/α,β-unsaturated/α-hetero) is 1. The van der Waals surface area contributed by atoms with Gasteiger partial charge in [-0.25, -0.2) is 4.79 Å². The Morgan fingerprint density at radius 2 is 1.74 bits per heavy atom. The molecule has 0 unspecified atom stereocenters. The van der Waals surface area contributed by atoms with Crippen LogP contribution in [0.4, 0.5) is 5.82 Å². The quantitative estimate of drug-likeness (QED) is 0.233. The second-order valence-electron chi connectivity index (χ2n) is 7.95. The molecule has 2 heterocycles. The van der Waals surface area contributed by atoms with Crippen LogP contribution in [-0.4, -0.2) is 41.6 Å². The maximum absolute atomic E-state index is 13.2. The number of rotatable bonds is 7. The molecule has 1 amide bonds. The largest absolute Gasteiger partial charge is 0.507 e. The topological polar surface area (TPSA) is 119 Å². The Kier molecular flexibility index (Phi) is 6.68. The second-order valence-corrected chi connectivity index (χ2v) is 7.95. The molecule has 0 bridgehead atoms. The summed E-state index contributed by atoms with van der Waals surface area (Å²) >= 11 is 0. The van der Waals surface area contributed by atoms with Crippen molar-refractivity contribution in [3.63, 3.8) is 0 Å². The summed E-state index contributed by atoms with van der Waals surface area (Å²) in [5.41, 5.74) is 1.03. The lowest BCUT2D eigenvalue weighted by Gasteiger charge is -2.23. The summed E-state index contributed by atoms with van der Waals surface area (Å²) in [6.07, 6.45) is 0.849. The third-order valence-corrected chi connectivity index (χ3v) is 5.55. The average molecular weight is 476 g/mol. The zero-order chi connectivity index (χ0) is 25.1. The van der Waals surface area contributed by atoms with E-state index in [-0.39, 0.29) is 17.2 Å². The fourth-order valence-electron chi connectivity index (χ4n) is 3.85. The summed E-state index contributed by atoms with van der Waals surface area (Å²) in [5.74, 6) is -1.38. The fourth-order valence-corrected chi connectivity index (χ4v) is 3.85. The summed E-state index contributed by atoms with van der Waals surface area (Å²) in [7, 11) is 1.27. The minimum Gasteiger partial charge on any atom is -0.507 e. The smallest absolute Gasteiger partial charge is 0.337 e. The van der Waals surface area contributed by atoms with E-state index in [9.17, 15) is 19.5 Å². The fraction of sp³-hybridized carbons (Fsp3) is 0.231. The number of carbonyl (C=O) groups is 3. The summed E-state index contributed by atoms with van der Waals surface area (Å²) in [6, 6.07) is 13.4. The van der Waals surface area contributed by atoms with Crippen LogP contribution in [0.2, 0.25) is 0 Å². The van der Waals surface area contributed by atoms with E-state index in [0.29, 0.717) is 34.8 Å². The van der Waals surface area contributed by atoms with Crippen LogP contribution in [0.5, 0.6) is 5.75 Å². The van der Waals surface area contributed by atoms with E-state index in [1.54, 1.807) is 43.3 Å². The zero-order valence-electron chi connectivity index (χ0n) is 19.5. The van der Waals surface area contributed by atoms with Gasteiger partial charge in [-0.2, -0.15) is 0 Å². The van der Waals surface area contributed by atoms with Crippen LogP contribution in [0.25, 0.3) is 5.76 Å². The summed E-state index contributed by atoms with van der Waals surface area (Å²) in [4.78, 5) is 39.3. The van der Waals surface area contributed by atoms with Crippen molar-refractivity contribution in [1.82, 2.24) is 5.16 Å². The lowest BCUT2D eigenvalue weighted by molar-refractivity contribution is -0.132. The Bertz CT molecular complexity index is 1290. The van der Waals surface area contributed by atoms with Gasteiger partial charge in [-0.3, -0.25) is 14.5 Å². The molecule has 4 rings (SSSR count). The van der Waals surface area contributed by atoms with E-state index in [0.717, 1.165) is 6.42 Å². The molecule has 0 radical (unpaired) electrons. The Balaban J connectivity index is 1.83. The first kappa shape index (κ1) is 23.7. The lowest BCUT2D eigenvalue weighted by atomic mass is 9.94. The molecule has 9 nitrogen and oxygen atoms in total. The van der Waals surface area contributed by atoms with Gasteiger partial charge in [-0.05, 0) is 55.3 Å². The van der Waals surface area contributed by atoms with Gasteiger partial charge in [-0.1, -0.05) is 24.2 Å². The molecule has 1 aliphatic rings. The number of esters is 1. The van der Waals surface area contributed by atoms with Crippen molar-refractivity contribution >= 4 is 29.2 Å². The molecular weight excluding hydrogens is 452 g/mol. The Morgan fingerprint density at radius 1 is 1.09 bits per heavy atom. The number of amides is 1. The van der Waals surface area contributed by atoms with E-state index in [1.165, 1.54) is 30.2 Å². The van der Waals surface area contributed by atoms with E-state index >= 15 is 0 Å². The predicted octanol–water partition coefficient (Wildman–Crippen LogP) is 4.18. The molecule has 0 saturated carbocycles. The standard InChI is InChI=1S/C26H24N2O7/c1-4-13-34-19-11-9-17(10-12-19)23(29)21-22(16-5-7-18(8-6-16)26(32)33-3)28(25(31)24(21)30)20-14-15(2)35-27-20/h5-12,14,22,29H,4,13H2,1-3H3/b23-21+/t22-/m1/s1. The molecular formula is C26H24N2O7. The van der Waals surface area contributed by atoms with E-state index in [4.69, 9.17) is 14.0 Å². The van der Waals surface area contributed by atoms with Crippen molar-refractivity contribution in [1.29, 1.82) is 0 Å². The van der Waals surface area contributed by atoms with Crippen molar-refractivity contribution in [3.8, 4) is 5.75 Å². The monoisotopic (exact) mass is 476 g/mol. The van der Waals surface area contributed by atoms with Crippen LogP contribution in [-0.2, 0) is 14.3 Å². The number of aryl methyl sites for hydroxylation is 1. The number of hydrogen-bond donors (Lipinski definition) is 1. The number of ketones is 1. The number of anilines is 1. The maximum Gasteiger partial charge on any atom is 0.337 e. The number of aromatic nitrogens is 1. The molecule has 1 N–H and O–H groups in total. The van der Waals surface area contributed by atoms with Crippen molar-refractivity contribution in [2.75, 3.05) is 18.6 Å². The van der Waals surface area contributed by atoms with E-state index < -0.39 is 23.7 Å². The molecule has 0 spiro atoms. The van der Waals surface area contributed by atoms with Crippen LogP contribution >= 0.6 is 0 Å². The number of hydrogen-bond acceptors (Lipinski definition) is 8. The van der Waals surface area contributed by atoms with Gasteiger partial charge in [0.2, 0.25) is 0 Å². The van der Waals surface area contributed by atoms with Gasteiger partial charge in [0.1, 0.15) is 17.3 Å². The molecule has 1 saturated heterocycles. The van der Waals surface area contributed by atoms with Gasteiger partial charge in [-0.15, -0.1) is 0 Å². The molecule has 0 aliphatic carbocycles. The van der Waals surface area contributed by atoms with Gasteiger partial charge >= 0.3 is 11.9 Å². The third kappa shape index (κ3) is 4.52. The first-order chi connectivity index (χ1) is 16.8. The van der Waals surface area contributed by atoms with Crippen LogP contribution < -0.4 is 9.64 Å². The molecule has 1 aromatic heterocycles. The van der Waals surface area contributed by atoms with Crippen LogP contribution in [0, 0.1) is 6.92 Å². The number of nitrogens with zero attached hydrogens (tertiary/aromatic N) is 2. The first-order valence-electron chi connectivity index (χ1n) is 11.0. The number of ether oxygens (including phenoxy) is 2. The Hall–Kier alpha value is -4.40. The highest BCUT2D eigenvalue weighted by Crippen LogP contribution is 2.42. The number of aliphatic hydroxyl groups is 1. The van der Waals surface area contributed by atoms with Gasteiger partial charge in [0, 0.05) is 11.6 Å². The normalized spacial score (nSPS) is 17.0. The maximum atomic E-state index is 13.2. The molecule has 1 atom stereocenters. The van der Waals surface area contributed by atoms with Crippen molar-refractivity contribution in [3.05, 3.63) is 82.6 Å². The van der Waals surface area contributed by atoms with Gasteiger partial charge in [0.25, 0.3) is 5.78 Å². The van der Waals surface area contributed by atoms with E-state index in [2.05, 4.69) is 5.16 Å². The summed E-state index contributed by atoms with van der Waals surface area (Å²) in [6.45, 7) is 4.21. The minimum atomic E-state index is -0.998.